The van der Waals surface area contributed by atoms with E-state index in [1.165, 1.54) is 11.3 Å². The topological polar surface area (TPSA) is 130 Å². The van der Waals surface area contributed by atoms with Crippen LogP contribution in [0.5, 0.6) is 0 Å². The Morgan fingerprint density at radius 3 is 2.76 bits per heavy atom. The number of rotatable bonds is 8. The van der Waals surface area contributed by atoms with Crippen molar-refractivity contribution < 1.29 is 4.79 Å². The average molecular weight is 408 g/mol. The standard InChI is InChI=1S/C20H21N7OS/c1-12(2)25-20-24-11-17(29-20)16-9-15(14-6-4-3-5-13(14)10-21)26-19(27-16)23-8-7-18(22)28/h3-6,9,11-12H,7-8H2,1-2H3,(H2,22,28)(H,24,25)(H,23,26,27). The quantitative estimate of drug-likeness (QED) is 0.522. The average Bonchev–Trinajstić information content (AvgIpc) is 3.15. The van der Waals surface area contributed by atoms with Gasteiger partial charge in [-0.25, -0.2) is 15.0 Å². The van der Waals surface area contributed by atoms with Gasteiger partial charge in [-0.3, -0.25) is 4.79 Å². The molecule has 2 aromatic heterocycles. The van der Waals surface area contributed by atoms with Crippen LogP contribution in [0, 0.1) is 11.3 Å². The van der Waals surface area contributed by atoms with E-state index >= 15 is 0 Å². The molecule has 29 heavy (non-hydrogen) atoms. The Morgan fingerprint density at radius 1 is 1.28 bits per heavy atom. The minimum absolute atomic E-state index is 0.167. The summed E-state index contributed by atoms with van der Waals surface area (Å²) < 4.78 is 0. The molecular weight excluding hydrogens is 386 g/mol. The molecule has 1 aromatic carbocycles. The number of anilines is 2. The Morgan fingerprint density at radius 2 is 2.03 bits per heavy atom. The normalized spacial score (nSPS) is 10.6. The van der Waals surface area contributed by atoms with E-state index < -0.39 is 5.91 Å². The lowest BCUT2D eigenvalue weighted by atomic mass is 10.0. The maximum absolute atomic E-state index is 11.0. The molecule has 0 fully saturated rings. The van der Waals surface area contributed by atoms with Crippen molar-refractivity contribution in [3.63, 3.8) is 0 Å². The first-order valence-corrected chi connectivity index (χ1v) is 9.91. The van der Waals surface area contributed by atoms with Crippen molar-refractivity contribution in [1.29, 1.82) is 5.26 Å². The maximum Gasteiger partial charge on any atom is 0.223 e. The minimum Gasteiger partial charge on any atom is -0.370 e. The third-order valence-electron chi connectivity index (χ3n) is 3.87. The molecule has 0 spiro atoms. The molecular formula is C20H21N7OS. The summed E-state index contributed by atoms with van der Waals surface area (Å²) in [7, 11) is 0. The molecule has 3 rings (SSSR count). The lowest BCUT2D eigenvalue weighted by molar-refractivity contribution is -0.117. The van der Waals surface area contributed by atoms with Gasteiger partial charge in [0.25, 0.3) is 0 Å². The number of amides is 1. The Kier molecular flexibility index (Phi) is 6.36. The molecule has 0 saturated heterocycles. The van der Waals surface area contributed by atoms with Gasteiger partial charge >= 0.3 is 0 Å². The maximum atomic E-state index is 11.0. The van der Waals surface area contributed by atoms with E-state index in [0.717, 1.165) is 10.0 Å². The number of hydrogen-bond donors (Lipinski definition) is 3. The fourth-order valence-corrected chi connectivity index (χ4v) is 3.52. The number of nitrogens with zero attached hydrogens (tertiary/aromatic N) is 4. The van der Waals surface area contributed by atoms with Crippen LogP contribution in [0.4, 0.5) is 11.1 Å². The fourth-order valence-electron chi connectivity index (χ4n) is 2.60. The van der Waals surface area contributed by atoms with E-state index in [-0.39, 0.29) is 12.5 Å². The SMILES string of the molecule is CC(C)Nc1ncc(-c2cc(-c3ccccc3C#N)nc(NCCC(N)=O)n2)s1. The van der Waals surface area contributed by atoms with Crippen molar-refractivity contribution >= 4 is 28.3 Å². The number of carbonyl (C=O) groups is 1. The number of benzene rings is 1. The van der Waals surface area contributed by atoms with Gasteiger partial charge in [0.05, 0.1) is 27.9 Å². The summed E-state index contributed by atoms with van der Waals surface area (Å²) in [5.74, 6) is -0.0474. The second-order valence-corrected chi connectivity index (χ2v) is 7.62. The van der Waals surface area contributed by atoms with Gasteiger partial charge in [0, 0.05) is 30.8 Å². The van der Waals surface area contributed by atoms with Crippen LogP contribution in [0.3, 0.4) is 0 Å². The molecule has 0 unspecified atom stereocenters. The number of primary amides is 1. The van der Waals surface area contributed by atoms with Crippen LogP contribution < -0.4 is 16.4 Å². The predicted octanol–water partition coefficient (Wildman–Crippen LogP) is 3.25. The van der Waals surface area contributed by atoms with E-state index in [9.17, 15) is 10.1 Å². The van der Waals surface area contributed by atoms with Crippen molar-refractivity contribution in [1.82, 2.24) is 15.0 Å². The monoisotopic (exact) mass is 407 g/mol. The molecule has 0 radical (unpaired) electrons. The Balaban J connectivity index is 2.02. The van der Waals surface area contributed by atoms with E-state index in [1.807, 2.05) is 38.1 Å². The van der Waals surface area contributed by atoms with E-state index in [2.05, 4.69) is 31.7 Å². The molecule has 148 valence electrons. The highest BCUT2D eigenvalue weighted by molar-refractivity contribution is 7.18. The summed E-state index contributed by atoms with van der Waals surface area (Å²) in [5.41, 5.74) is 7.73. The molecule has 0 aliphatic heterocycles. The summed E-state index contributed by atoms with van der Waals surface area (Å²) in [5, 5.41) is 16.6. The van der Waals surface area contributed by atoms with Gasteiger partial charge in [-0.1, -0.05) is 29.5 Å². The third-order valence-corrected chi connectivity index (χ3v) is 4.83. The van der Waals surface area contributed by atoms with Crippen LogP contribution in [0.2, 0.25) is 0 Å². The second kappa shape index (κ2) is 9.12. The van der Waals surface area contributed by atoms with Gasteiger partial charge in [0.15, 0.2) is 5.13 Å². The molecule has 0 aliphatic carbocycles. The van der Waals surface area contributed by atoms with Crippen LogP contribution in [0.25, 0.3) is 21.8 Å². The molecule has 0 saturated carbocycles. The first kappa shape index (κ1) is 20.2. The van der Waals surface area contributed by atoms with E-state index in [0.29, 0.717) is 35.0 Å². The number of carbonyl (C=O) groups excluding carboxylic acids is 1. The van der Waals surface area contributed by atoms with Crippen LogP contribution in [0.1, 0.15) is 25.8 Å². The molecule has 4 N–H and O–H groups in total. The number of thiazole rings is 1. The van der Waals surface area contributed by atoms with Gasteiger partial charge in [0.2, 0.25) is 11.9 Å². The van der Waals surface area contributed by atoms with Gasteiger partial charge in [0.1, 0.15) is 0 Å². The minimum atomic E-state index is -0.407. The summed E-state index contributed by atoms with van der Waals surface area (Å²) in [4.78, 5) is 25.4. The molecule has 0 bridgehead atoms. The van der Waals surface area contributed by atoms with Crippen LogP contribution in [0.15, 0.2) is 36.5 Å². The zero-order chi connectivity index (χ0) is 20.8. The molecule has 8 nitrogen and oxygen atoms in total. The summed E-state index contributed by atoms with van der Waals surface area (Å²) in [6.45, 7) is 4.41. The first-order valence-electron chi connectivity index (χ1n) is 9.09. The van der Waals surface area contributed by atoms with Gasteiger partial charge in [-0.15, -0.1) is 0 Å². The van der Waals surface area contributed by atoms with E-state index in [1.54, 1.807) is 12.3 Å². The number of hydrogen-bond acceptors (Lipinski definition) is 8. The highest BCUT2D eigenvalue weighted by Crippen LogP contribution is 2.32. The molecule has 1 amide bonds. The fraction of sp³-hybridized carbons (Fsp3) is 0.250. The van der Waals surface area contributed by atoms with Gasteiger partial charge < -0.3 is 16.4 Å². The highest BCUT2D eigenvalue weighted by Gasteiger charge is 2.14. The zero-order valence-corrected chi connectivity index (χ0v) is 17.0. The predicted molar refractivity (Wildman–Crippen MR) is 114 cm³/mol. The van der Waals surface area contributed by atoms with Crippen molar-refractivity contribution in [3.05, 3.63) is 42.1 Å². The van der Waals surface area contributed by atoms with Crippen molar-refractivity contribution in [3.8, 4) is 27.9 Å². The molecule has 2 heterocycles. The van der Waals surface area contributed by atoms with Crippen LogP contribution >= 0.6 is 11.3 Å². The van der Waals surface area contributed by atoms with E-state index in [4.69, 9.17) is 5.73 Å². The van der Waals surface area contributed by atoms with Crippen molar-refractivity contribution in [2.24, 2.45) is 5.73 Å². The number of aromatic nitrogens is 3. The second-order valence-electron chi connectivity index (χ2n) is 6.59. The molecule has 0 aliphatic rings. The number of nitriles is 1. The van der Waals surface area contributed by atoms with Gasteiger partial charge in [-0.05, 0) is 26.0 Å². The lowest BCUT2D eigenvalue weighted by Crippen LogP contribution is -2.17. The highest BCUT2D eigenvalue weighted by atomic mass is 32.1. The van der Waals surface area contributed by atoms with Crippen molar-refractivity contribution in [2.45, 2.75) is 26.3 Å². The lowest BCUT2D eigenvalue weighted by Gasteiger charge is -2.10. The summed E-state index contributed by atoms with van der Waals surface area (Å²) >= 11 is 1.49. The molecule has 9 heteroatoms. The number of nitrogens with one attached hydrogen (secondary N) is 2. The molecule has 3 aromatic rings. The first-order chi connectivity index (χ1) is 14.0. The summed E-state index contributed by atoms with van der Waals surface area (Å²) in [6, 6.07) is 11.6. The smallest absolute Gasteiger partial charge is 0.223 e. The van der Waals surface area contributed by atoms with Gasteiger partial charge in [-0.2, -0.15) is 5.26 Å². The van der Waals surface area contributed by atoms with Crippen molar-refractivity contribution in [2.75, 3.05) is 17.2 Å². The zero-order valence-electron chi connectivity index (χ0n) is 16.1. The largest absolute Gasteiger partial charge is 0.370 e. The Bertz CT molecular complexity index is 1050. The Labute approximate surface area is 172 Å². The third kappa shape index (κ3) is 5.27. The van der Waals surface area contributed by atoms with Crippen LogP contribution in [-0.2, 0) is 4.79 Å². The van der Waals surface area contributed by atoms with Crippen LogP contribution in [-0.4, -0.2) is 33.4 Å². The summed E-state index contributed by atoms with van der Waals surface area (Å²) in [6.07, 6.45) is 1.92. The number of nitrogens with two attached hydrogens (primary N) is 1. The molecule has 0 atom stereocenters. The Hall–Kier alpha value is -3.51.